The van der Waals surface area contributed by atoms with Crippen LogP contribution < -0.4 is 5.32 Å². The molecular weight excluding hydrogens is 248 g/mol. The number of nitrogens with one attached hydrogen (secondary N) is 1. The third-order valence-electron chi connectivity index (χ3n) is 4.14. The van der Waals surface area contributed by atoms with Crippen LogP contribution in [0.25, 0.3) is 0 Å². The van der Waals surface area contributed by atoms with Gasteiger partial charge in [0.25, 0.3) is 0 Å². The average molecular weight is 276 g/mol. The molecule has 1 saturated heterocycles. The number of anilines is 1. The summed E-state index contributed by atoms with van der Waals surface area (Å²) in [6.45, 7) is 11.7. The first-order chi connectivity index (χ1) is 9.59. The van der Waals surface area contributed by atoms with Gasteiger partial charge in [0.05, 0.1) is 13.2 Å². The highest BCUT2D eigenvalue weighted by molar-refractivity contribution is 5.46. The minimum atomic E-state index is 0.162. The van der Waals surface area contributed by atoms with Crippen LogP contribution in [0.5, 0.6) is 0 Å². The highest BCUT2D eigenvalue weighted by atomic mass is 16.5. The van der Waals surface area contributed by atoms with Gasteiger partial charge in [0.1, 0.15) is 0 Å². The van der Waals surface area contributed by atoms with Crippen molar-refractivity contribution in [3.8, 4) is 0 Å². The molecule has 1 N–H and O–H groups in total. The SMILES string of the molecule is CCC(C)(C)Nc1ccc(CCN2CCOCC2)cc1. The number of benzene rings is 1. The molecule has 0 aromatic heterocycles. The quantitative estimate of drug-likeness (QED) is 0.864. The van der Waals surface area contributed by atoms with Crippen molar-refractivity contribution in [2.45, 2.75) is 39.2 Å². The number of nitrogens with zero attached hydrogens (tertiary/aromatic N) is 1. The molecule has 0 bridgehead atoms. The first-order valence-electron chi connectivity index (χ1n) is 7.76. The third-order valence-corrected chi connectivity index (χ3v) is 4.14. The third kappa shape index (κ3) is 4.80. The average Bonchev–Trinajstić information content (AvgIpc) is 2.47. The lowest BCUT2D eigenvalue weighted by atomic mass is 10.0. The topological polar surface area (TPSA) is 24.5 Å². The van der Waals surface area contributed by atoms with Crippen molar-refractivity contribution >= 4 is 5.69 Å². The molecule has 0 unspecified atom stereocenters. The molecule has 0 saturated carbocycles. The van der Waals surface area contributed by atoms with E-state index in [1.165, 1.54) is 11.3 Å². The van der Waals surface area contributed by atoms with Gasteiger partial charge in [-0.15, -0.1) is 0 Å². The Hall–Kier alpha value is -1.06. The van der Waals surface area contributed by atoms with E-state index in [4.69, 9.17) is 4.74 Å². The minimum Gasteiger partial charge on any atom is -0.380 e. The molecule has 3 heteroatoms. The van der Waals surface area contributed by atoms with Gasteiger partial charge in [-0.1, -0.05) is 19.1 Å². The predicted molar refractivity (Wildman–Crippen MR) is 85.4 cm³/mol. The summed E-state index contributed by atoms with van der Waals surface area (Å²) in [5.74, 6) is 0. The number of ether oxygens (including phenoxy) is 1. The molecule has 1 aliphatic heterocycles. The lowest BCUT2D eigenvalue weighted by molar-refractivity contribution is 0.0384. The molecule has 2 rings (SSSR count). The zero-order valence-electron chi connectivity index (χ0n) is 13.1. The zero-order chi connectivity index (χ0) is 14.4. The van der Waals surface area contributed by atoms with Gasteiger partial charge in [-0.2, -0.15) is 0 Å². The van der Waals surface area contributed by atoms with Crippen molar-refractivity contribution in [1.29, 1.82) is 0 Å². The predicted octanol–water partition coefficient (Wildman–Crippen LogP) is 3.16. The Kier molecular flexibility index (Phi) is 5.44. The Balaban J connectivity index is 1.82. The molecule has 1 fully saturated rings. The van der Waals surface area contributed by atoms with E-state index in [2.05, 4.69) is 55.3 Å². The van der Waals surface area contributed by atoms with Crippen molar-refractivity contribution < 1.29 is 4.74 Å². The first-order valence-corrected chi connectivity index (χ1v) is 7.76. The Morgan fingerprint density at radius 3 is 2.40 bits per heavy atom. The molecule has 3 nitrogen and oxygen atoms in total. The van der Waals surface area contributed by atoms with Crippen molar-refractivity contribution in [2.75, 3.05) is 38.2 Å². The van der Waals surface area contributed by atoms with Gasteiger partial charge in [-0.3, -0.25) is 4.90 Å². The van der Waals surface area contributed by atoms with Crippen LogP contribution >= 0.6 is 0 Å². The number of morpholine rings is 1. The van der Waals surface area contributed by atoms with Crippen LogP contribution in [0.3, 0.4) is 0 Å². The molecule has 0 atom stereocenters. The van der Waals surface area contributed by atoms with E-state index in [0.29, 0.717) is 0 Å². The van der Waals surface area contributed by atoms with Crippen molar-refractivity contribution in [1.82, 2.24) is 4.90 Å². The number of rotatable bonds is 6. The maximum atomic E-state index is 5.37. The Bertz CT molecular complexity index is 394. The normalized spacial score (nSPS) is 17.1. The molecular formula is C17H28N2O. The summed E-state index contributed by atoms with van der Waals surface area (Å²) in [5, 5.41) is 3.57. The van der Waals surface area contributed by atoms with E-state index in [1.807, 2.05) is 0 Å². The van der Waals surface area contributed by atoms with Gasteiger partial charge < -0.3 is 10.1 Å². The smallest absolute Gasteiger partial charge is 0.0594 e. The molecule has 1 heterocycles. The molecule has 20 heavy (non-hydrogen) atoms. The molecule has 1 aromatic carbocycles. The summed E-state index contributed by atoms with van der Waals surface area (Å²) in [4.78, 5) is 2.48. The van der Waals surface area contributed by atoms with Crippen LogP contribution in [-0.2, 0) is 11.2 Å². The molecule has 0 aliphatic carbocycles. The Morgan fingerprint density at radius 2 is 1.80 bits per heavy atom. The summed E-state index contributed by atoms with van der Waals surface area (Å²) >= 11 is 0. The summed E-state index contributed by atoms with van der Waals surface area (Å²) in [6.07, 6.45) is 2.24. The molecule has 1 aromatic rings. The second-order valence-corrected chi connectivity index (χ2v) is 6.26. The van der Waals surface area contributed by atoms with Crippen LogP contribution in [-0.4, -0.2) is 43.3 Å². The van der Waals surface area contributed by atoms with E-state index in [-0.39, 0.29) is 5.54 Å². The van der Waals surface area contributed by atoms with Crippen LogP contribution in [0.4, 0.5) is 5.69 Å². The van der Waals surface area contributed by atoms with Crippen LogP contribution in [0.2, 0.25) is 0 Å². The maximum Gasteiger partial charge on any atom is 0.0594 e. The number of hydrogen-bond donors (Lipinski definition) is 1. The summed E-state index contributed by atoms with van der Waals surface area (Å²) < 4.78 is 5.37. The highest BCUT2D eigenvalue weighted by Crippen LogP contribution is 2.18. The van der Waals surface area contributed by atoms with E-state index < -0.39 is 0 Å². The molecule has 112 valence electrons. The second kappa shape index (κ2) is 7.09. The van der Waals surface area contributed by atoms with Crippen molar-refractivity contribution in [3.05, 3.63) is 29.8 Å². The largest absolute Gasteiger partial charge is 0.380 e. The molecule has 0 radical (unpaired) electrons. The lowest BCUT2D eigenvalue weighted by Gasteiger charge is -2.27. The summed E-state index contributed by atoms with van der Waals surface area (Å²) in [5.41, 5.74) is 2.79. The zero-order valence-corrected chi connectivity index (χ0v) is 13.1. The molecule has 0 spiro atoms. The van der Waals surface area contributed by atoms with Crippen LogP contribution in [0.15, 0.2) is 24.3 Å². The molecule has 1 aliphatic rings. The first kappa shape index (κ1) is 15.3. The minimum absolute atomic E-state index is 0.162. The van der Waals surface area contributed by atoms with E-state index in [9.17, 15) is 0 Å². The van der Waals surface area contributed by atoms with E-state index in [0.717, 1.165) is 45.7 Å². The van der Waals surface area contributed by atoms with Crippen LogP contribution in [0, 0.1) is 0 Å². The fourth-order valence-electron chi connectivity index (χ4n) is 2.35. The monoisotopic (exact) mass is 276 g/mol. The van der Waals surface area contributed by atoms with Gasteiger partial charge in [0.2, 0.25) is 0 Å². The lowest BCUT2D eigenvalue weighted by Crippen LogP contribution is -2.37. The summed E-state index contributed by atoms with van der Waals surface area (Å²) in [7, 11) is 0. The number of hydrogen-bond acceptors (Lipinski definition) is 3. The molecule has 0 amide bonds. The second-order valence-electron chi connectivity index (χ2n) is 6.26. The standard InChI is InChI=1S/C17H28N2O/c1-4-17(2,3)18-16-7-5-15(6-8-16)9-10-19-11-13-20-14-12-19/h5-8,18H,4,9-14H2,1-3H3. The maximum absolute atomic E-state index is 5.37. The van der Waals surface area contributed by atoms with Gasteiger partial charge >= 0.3 is 0 Å². The summed E-state index contributed by atoms with van der Waals surface area (Å²) in [6, 6.07) is 8.89. The van der Waals surface area contributed by atoms with Gasteiger partial charge in [-0.05, 0) is 44.4 Å². The van der Waals surface area contributed by atoms with Crippen LogP contribution in [0.1, 0.15) is 32.8 Å². The van der Waals surface area contributed by atoms with E-state index >= 15 is 0 Å². The van der Waals surface area contributed by atoms with Crippen molar-refractivity contribution in [3.63, 3.8) is 0 Å². The Labute approximate surface area is 123 Å². The van der Waals surface area contributed by atoms with E-state index in [1.54, 1.807) is 0 Å². The fourth-order valence-corrected chi connectivity index (χ4v) is 2.35. The highest BCUT2D eigenvalue weighted by Gasteiger charge is 2.14. The van der Waals surface area contributed by atoms with Crippen molar-refractivity contribution in [2.24, 2.45) is 0 Å². The van der Waals surface area contributed by atoms with Gasteiger partial charge in [-0.25, -0.2) is 0 Å². The Morgan fingerprint density at radius 1 is 1.15 bits per heavy atom. The fraction of sp³-hybridized carbons (Fsp3) is 0.647. The van der Waals surface area contributed by atoms with Gasteiger partial charge in [0, 0.05) is 30.9 Å². The van der Waals surface area contributed by atoms with Gasteiger partial charge in [0.15, 0.2) is 0 Å².